The van der Waals surface area contributed by atoms with Crippen LogP contribution in [-0.4, -0.2) is 64.1 Å². The van der Waals surface area contributed by atoms with Gasteiger partial charge in [-0.1, -0.05) is 30.2 Å². The topological polar surface area (TPSA) is 70.5 Å². The molecular formula is C23H30ClN5O2. The molecule has 1 aromatic heterocycles. The van der Waals surface area contributed by atoms with E-state index in [1.165, 1.54) is 19.3 Å². The summed E-state index contributed by atoms with van der Waals surface area (Å²) in [6.07, 6.45) is 5.59. The summed E-state index contributed by atoms with van der Waals surface area (Å²) in [7, 11) is 0. The Labute approximate surface area is 188 Å². The third-order valence-electron chi connectivity index (χ3n) is 5.99. The summed E-state index contributed by atoms with van der Waals surface area (Å²) in [4.78, 5) is 29.9. The number of aromatic nitrogens is 2. The summed E-state index contributed by atoms with van der Waals surface area (Å²) in [5.41, 5.74) is 1.82. The van der Waals surface area contributed by atoms with E-state index < -0.39 is 0 Å². The third kappa shape index (κ3) is 5.66. The van der Waals surface area contributed by atoms with E-state index in [1.807, 2.05) is 29.2 Å². The predicted molar refractivity (Wildman–Crippen MR) is 120 cm³/mol. The van der Waals surface area contributed by atoms with Crippen LogP contribution in [-0.2, 0) is 13.1 Å². The Hall–Kier alpha value is -2.38. The van der Waals surface area contributed by atoms with E-state index in [1.54, 1.807) is 10.7 Å². The minimum atomic E-state index is -0.212. The molecule has 31 heavy (non-hydrogen) atoms. The van der Waals surface area contributed by atoms with Gasteiger partial charge in [0.05, 0.1) is 0 Å². The number of piperidine rings is 1. The maximum Gasteiger partial charge on any atom is 0.272 e. The van der Waals surface area contributed by atoms with Crippen molar-refractivity contribution in [3.8, 4) is 0 Å². The molecule has 1 N–H and O–H groups in total. The molecular weight excluding hydrogens is 414 g/mol. The largest absolute Gasteiger partial charge is 0.351 e. The van der Waals surface area contributed by atoms with Crippen molar-refractivity contribution in [1.29, 1.82) is 0 Å². The van der Waals surface area contributed by atoms with Crippen LogP contribution in [0.15, 0.2) is 30.3 Å². The number of amides is 2. The minimum Gasteiger partial charge on any atom is -0.351 e. The summed E-state index contributed by atoms with van der Waals surface area (Å²) in [6, 6.07) is 9.15. The van der Waals surface area contributed by atoms with Gasteiger partial charge in [-0.2, -0.15) is 5.10 Å². The molecule has 2 amide bonds. The molecule has 7 nitrogen and oxygen atoms in total. The summed E-state index contributed by atoms with van der Waals surface area (Å²) < 4.78 is 1.67. The lowest BCUT2D eigenvalue weighted by Crippen LogP contribution is -2.33. The Kier molecular flexibility index (Phi) is 7.25. The first-order chi connectivity index (χ1) is 15.1. The maximum absolute atomic E-state index is 13.1. The van der Waals surface area contributed by atoms with Crippen LogP contribution in [0.25, 0.3) is 0 Å². The van der Waals surface area contributed by atoms with Gasteiger partial charge >= 0.3 is 0 Å². The predicted octanol–water partition coefficient (Wildman–Crippen LogP) is 3.19. The van der Waals surface area contributed by atoms with Crippen LogP contribution in [0.5, 0.6) is 0 Å². The molecule has 3 heterocycles. The molecule has 0 aliphatic carbocycles. The monoisotopic (exact) mass is 443 g/mol. The zero-order valence-corrected chi connectivity index (χ0v) is 18.6. The van der Waals surface area contributed by atoms with Gasteiger partial charge in [0.2, 0.25) is 0 Å². The number of nitrogens with zero attached hydrogens (tertiary/aromatic N) is 4. The second kappa shape index (κ2) is 10.3. The highest BCUT2D eigenvalue weighted by atomic mass is 35.5. The Morgan fingerprint density at radius 2 is 1.81 bits per heavy atom. The average Bonchev–Trinajstić information content (AvgIpc) is 3.16. The van der Waals surface area contributed by atoms with E-state index in [-0.39, 0.29) is 11.8 Å². The lowest BCUT2D eigenvalue weighted by atomic mass is 10.1. The zero-order valence-electron chi connectivity index (χ0n) is 17.9. The van der Waals surface area contributed by atoms with Gasteiger partial charge in [0, 0.05) is 37.3 Å². The Morgan fingerprint density at radius 1 is 1.03 bits per heavy atom. The fourth-order valence-electron chi connectivity index (χ4n) is 4.28. The fourth-order valence-corrected chi connectivity index (χ4v) is 4.41. The van der Waals surface area contributed by atoms with Crippen LogP contribution < -0.4 is 5.32 Å². The number of rotatable bonds is 7. The molecule has 0 spiro atoms. The van der Waals surface area contributed by atoms with E-state index in [4.69, 9.17) is 11.6 Å². The average molecular weight is 444 g/mol. The standard InChI is InChI=1S/C23H30ClN5O2/c24-19-8-6-18(7-9-19)17-28-14-5-15-29-21(23(28)31)16-20(26-29)22(30)25-10-4-13-27-11-2-1-3-12-27/h6-9,16H,1-5,10-15,17H2,(H,25,30). The molecule has 2 aromatic rings. The number of benzene rings is 1. The molecule has 2 aliphatic rings. The van der Waals surface area contributed by atoms with Crippen molar-refractivity contribution in [2.75, 3.05) is 32.7 Å². The van der Waals surface area contributed by atoms with Crippen LogP contribution >= 0.6 is 11.6 Å². The van der Waals surface area contributed by atoms with Crippen molar-refractivity contribution >= 4 is 23.4 Å². The number of nitrogens with one attached hydrogen (secondary N) is 1. The first kappa shape index (κ1) is 21.8. The summed E-state index contributed by atoms with van der Waals surface area (Å²) in [5.74, 6) is -0.305. The van der Waals surface area contributed by atoms with Crippen LogP contribution in [0.1, 0.15) is 58.6 Å². The molecule has 0 unspecified atom stereocenters. The highest BCUT2D eigenvalue weighted by molar-refractivity contribution is 6.30. The molecule has 0 radical (unpaired) electrons. The summed E-state index contributed by atoms with van der Waals surface area (Å²) in [6.45, 7) is 5.75. The highest BCUT2D eigenvalue weighted by Gasteiger charge is 2.26. The Bertz CT molecular complexity index is 905. The first-order valence-corrected chi connectivity index (χ1v) is 11.6. The zero-order chi connectivity index (χ0) is 21.6. The van der Waals surface area contributed by atoms with Crippen molar-refractivity contribution in [3.63, 3.8) is 0 Å². The van der Waals surface area contributed by atoms with Gasteiger partial charge in [-0.25, -0.2) is 0 Å². The Morgan fingerprint density at radius 3 is 2.58 bits per heavy atom. The lowest BCUT2D eigenvalue weighted by molar-refractivity contribution is 0.0745. The van der Waals surface area contributed by atoms with Crippen molar-refractivity contribution < 1.29 is 9.59 Å². The van der Waals surface area contributed by atoms with Gasteiger partial charge in [-0.05, 0) is 63.0 Å². The van der Waals surface area contributed by atoms with Gasteiger partial charge in [0.1, 0.15) is 5.69 Å². The van der Waals surface area contributed by atoms with Crippen molar-refractivity contribution in [2.24, 2.45) is 0 Å². The summed E-state index contributed by atoms with van der Waals surface area (Å²) >= 11 is 5.96. The molecule has 166 valence electrons. The number of hydrogen-bond donors (Lipinski definition) is 1. The number of likely N-dealkylation sites (tertiary alicyclic amines) is 1. The molecule has 8 heteroatoms. The second-order valence-corrected chi connectivity index (χ2v) is 8.79. The van der Waals surface area contributed by atoms with Crippen molar-refractivity contribution in [1.82, 2.24) is 24.9 Å². The van der Waals surface area contributed by atoms with Crippen molar-refractivity contribution in [3.05, 3.63) is 52.3 Å². The van der Waals surface area contributed by atoms with Gasteiger partial charge in [0.15, 0.2) is 5.69 Å². The maximum atomic E-state index is 13.1. The molecule has 0 atom stereocenters. The minimum absolute atomic E-state index is 0.0934. The van der Waals surface area contributed by atoms with Gasteiger partial charge in [-0.3, -0.25) is 14.3 Å². The number of hydrogen-bond acceptors (Lipinski definition) is 4. The SMILES string of the molecule is O=C(NCCCN1CCCCC1)c1cc2n(n1)CCCN(Cc1ccc(Cl)cc1)C2=O. The highest BCUT2D eigenvalue weighted by Crippen LogP contribution is 2.18. The van der Waals surface area contributed by atoms with Gasteiger partial charge < -0.3 is 15.1 Å². The summed E-state index contributed by atoms with van der Waals surface area (Å²) in [5, 5.41) is 8.04. The van der Waals surface area contributed by atoms with Crippen LogP contribution in [0.2, 0.25) is 5.02 Å². The molecule has 1 saturated heterocycles. The molecule has 0 bridgehead atoms. The number of halogens is 1. The van der Waals surface area contributed by atoms with Crippen LogP contribution in [0, 0.1) is 0 Å². The van der Waals surface area contributed by atoms with Gasteiger partial charge in [-0.15, -0.1) is 0 Å². The number of carbonyl (C=O) groups is 2. The van der Waals surface area contributed by atoms with Crippen LogP contribution in [0.3, 0.4) is 0 Å². The van der Waals surface area contributed by atoms with E-state index in [0.29, 0.717) is 42.6 Å². The van der Waals surface area contributed by atoms with E-state index in [2.05, 4.69) is 15.3 Å². The first-order valence-electron chi connectivity index (χ1n) is 11.2. The number of fused-ring (bicyclic) bond motifs is 1. The smallest absolute Gasteiger partial charge is 0.272 e. The fraction of sp³-hybridized carbons (Fsp3) is 0.522. The molecule has 1 fully saturated rings. The third-order valence-corrected chi connectivity index (χ3v) is 6.24. The number of carbonyl (C=O) groups excluding carboxylic acids is 2. The molecule has 1 aromatic carbocycles. The Balaban J connectivity index is 1.33. The molecule has 0 saturated carbocycles. The van der Waals surface area contributed by atoms with E-state index >= 15 is 0 Å². The normalized spacial score (nSPS) is 17.3. The van der Waals surface area contributed by atoms with E-state index in [0.717, 1.165) is 38.0 Å². The molecule has 2 aliphatic heterocycles. The quantitative estimate of drug-likeness (QED) is 0.667. The number of aryl methyl sites for hydroxylation is 1. The van der Waals surface area contributed by atoms with Gasteiger partial charge in [0.25, 0.3) is 11.8 Å². The van der Waals surface area contributed by atoms with E-state index in [9.17, 15) is 9.59 Å². The van der Waals surface area contributed by atoms with Crippen LogP contribution in [0.4, 0.5) is 0 Å². The lowest BCUT2D eigenvalue weighted by Gasteiger charge is -2.26. The van der Waals surface area contributed by atoms with Crippen molar-refractivity contribution in [2.45, 2.75) is 45.2 Å². The second-order valence-electron chi connectivity index (χ2n) is 8.36. The molecule has 4 rings (SSSR count).